The number of pyridine rings is 2. The number of nitrogens with one attached hydrogen (secondary N) is 1. The highest BCUT2D eigenvalue weighted by molar-refractivity contribution is 5.92. The lowest BCUT2D eigenvalue weighted by Gasteiger charge is -2.40. The molecule has 2 N–H and O–H groups in total. The third kappa shape index (κ3) is 2.62. The molecule has 1 saturated heterocycles. The number of carboxylic acids is 1. The summed E-state index contributed by atoms with van der Waals surface area (Å²) in [5.74, 6) is -1.28. The molecule has 2 aromatic heterocycles. The number of carboxylic acid groups (broad SMARTS) is 1. The number of anilines is 1. The molecule has 128 valence electrons. The summed E-state index contributed by atoms with van der Waals surface area (Å²) in [6.07, 6.45) is 1.27. The van der Waals surface area contributed by atoms with Gasteiger partial charge in [0.15, 0.2) is 11.6 Å². The molecule has 3 heterocycles. The molecule has 7 nitrogen and oxygen atoms in total. The highest BCUT2D eigenvalue weighted by atomic mass is 19.1. The van der Waals surface area contributed by atoms with E-state index in [-0.39, 0.29) is 16.8 Å². The minimum Gasteiger partial charge on any atom is -0.477 e. The lowest BCUT2D eigenvalue weighted by Crippen LogP contribution is -2.51. The number of rotatable bonds is 5. The van der Waals surface area contributed by atoms with Crippen molar-refractivity contribution in [1.29, 1.82) is 0 Å². The first-order valence-electron chi connectivity index (χ1n) is 7.82. The zero-order valence-electron chi connectivity index (χ0n) is 13.5. The van der Waals surface area contributed by atoms with Crippen LogP contribution in [-0.4, -0.2) is 47.3 Å². The van der Waals surface area contributed by atoms with E-state index < -0.39 is 17.2 Å². The fraction of sp³-hybridized carbons (Fsp3) is 0.438. The normalized spacial score (nSPS) is 14.9. The summed E-state index contributed by atoms with van der Waals surface area (Å²) in [6, 6.07) is 1.10. The van der Waals surface area contributed by atoms with Gasteiger partial charge in [0.1, 0.15) is 11.2 Å². The summed E-state index contributed by atoms with van der Waals surface area (Å²) < 4.78 is 16.0. The Morgan fingerprint density at radius 3 is 2.79 bits per heavy atom. The fourth-order valence-corrected chi connectivity index (χ4v) is 3.05. The topological polar surface area (TPSA) is 87.5 Å². The van der Waals surface area contributed by atoms with Crippen LogP contribution in [0.1, 0.15) is 17.3 Å². The Kier molecular flexibility index (Phi) is 4.23. The molecule has 1 fully saturated rings. The van der Waals surface area contributed by atoms with E-state index in [0.29, 0.717) is 31.2 Å². The Morgan fingerprint density at radius 2 is 2.21 bits per heavy atom. The third-order valence-electron chi connectivity index (χ3n) is 4.30. The van der Waals surface area contributed by atoms with Crippen LogP contribution in [0.5, 0.6) is 0 Å². The molecule has 24 heavy (non-hydrogen) atoms. The monoisotopic (exact) mass is 334 g/mol. The number of aromatic nitrogens is 2. The smallest absolute Gasteiger partial charge is 0.341 e. The zero-order chi connectivity index (χ0) is 17.4. The first-order valence-corrected chi connectivity index (χ1v) is 7.82. The van der Waals surface area contributed by atoms with Gasteiger partial charge in [-0.2, -0.15) is 0 Å². The lowest BCUT2D eigenvalue weighted by molar-refractivity contribution is 0.0695. The summed E-state index contributed by atoms with van der Waals surface area (Å²) in [5, 5.41) is 12.2. The van der Waals surface area contributed by atoms with Gasteiger partial charge in [-0.1, -0.05) is 0 Å². The highest BCUT2D eigenvalue weighted by Crippen LogP contribution is 2.27. The van der Waals surface area contributed by atoms with E-state index in [4.69, 9.17) is 5.11 Å². The van der Waals surface area contributed by atoms with E-state index >= 15 is 0 Å². The largest absolute Gasteiger partial charge is 0.477 e. The van der Waals surface area contributed by atoms with Gasteiger partial charge >= 0.3 is 5.97 Å². The Labute approximate surface area is 137 Å². The Bertz CT molecular complexity index is 859. The van der Waals surface area contributed by atoms with E-state index in [0.717, 1.165) is 12.6 Å². The second kappa shape index (κ2) is 6.20. The van der Waals surface area contributed by atoms with E-state index in [1.54, 1.807) is 4.57 Å². The van der Waals surface area contributed by atoms with Gasteiger partial charge in [-0.3, -0.25) is 4.79 Å². The molecular weight excluding hydrogens is 315 g/mol. The summed E-state index contributed by atoms with van der Waals surface area (Å²) in [7, 11) is 1.87. The molecule has 0 unspecified atom stereocenters. The van der Waals surface area contributed by atoms with Gasteiger partial charge in [0, 0.05) is 38.3 Å². The third-order valence-corrected chi connectivity index (χ3v) is 4.30. The van der Waals surface area contributed by atoms with Crippen LogP contribution < -0.4 is 15.6 Å². The Balaban J connectivity index is 2.09. The molecule has 0 saturated carbocycles. The molecule has 1 aliphatic heterocycles. The van der Waals surface area contributed by atoms with Crippen LogP contribution >= 0.6 is 0 Å². The van der Waals surface area contributed by atoms with Crippen molar-refractivity contribution in [2.45, 2.75) is 13.5 Å². The minimum atomic E-state index is -1.33. The number of carbonyl (C=O) groups is 1. The average molecular weight is 334 g/mol. The number of hydrogen-bond donors (Lipinski definition) is 2. The summed E-state index contributed by atoms with van der Waals surface area (Å²) in [5.41, 5.74) is -0.783. The van der Waals surface area contributed by atoms with Crippen molar-refractivity contribution in [3.05, 3.63) is 33.9 Å². The molecule has 0 radical (unpaired) electrons. The van der Waals surface area contributed by atoms with Crippen LogP contribution in [-0.2, 0) is 6.54 Å². The first kappa shape index (κ1) is 16.4. The zero-order valence-corrected chi connectivity index (χ0v) is 13.5. The van der Waals surface area contributed by atoms with Gasteiger partial charge in [-0.05, 0) is 20.0 Å². The molecule has 0 spiro atoms. The second-order valence-corrected chi connectivity index (χ2v) is 5.96. The molecule has 1 aliphatic rings. The molecule has 0 aromatic carbocycles. The lowest BCUT2D eigenvalue weighted by atomic mass is 10.00. The quantitative estimate of drug-likeness (QED) is 0.845. The second-order valence-electron chi connectivity index (χ2n) is 5.96. The molecule has 3 rings (SSSR count). The number of hydrogen-bond acceptors (Lipinski definition) is 5. The van der Waals surface area contributed by atoms with Gasteiger partial charge in [0.05, 0.1) is 5.39 Å². The van der Waals surface area contributed by atoms with Crippen molar-refractivity contribution in [3.8, 4) is 0 Å². The summed E-state index contributed by atoms with van der Waals surface area (Å²) in [4.78, 5) is 29.6. The van der Waals surface area contributed by atoms with Crippen LogP contribution in [0.3, 0.4) is 0 Å². The van der Waals surface area contributed by atoms with E-state index in [1.807, 2.05) is 18.9 Å². The van der Waals surface area contributed by atoms with Crippen LogP contribution in [0.25, 0.3) is 11.0 Å². The van der Waals surface area contributed by atoms with Crippen molar-refractivity contribution < 1.29 is 14.3 Å². The number of nitrogens with zero attached hydrogens (tertiary/aromatic N) is 3. The first-order chi connectivity index (χ1) is 11.5. The SMILES string of the molecule is CCn1cc(C(=O)O)c(=O)c2cc(F)c(N3CC(CNC)C3)nc21. The summed E-state index contributed by atoms with van der Waals surface area (Å²) in [6.45, 7) is 4.48. The van der Waals surface area contributed by atoms with Crippen LogP contribution in [0.4, 0.5) is 10.2 Å². The fourth-order valence-electron chi connectivity index (χ4n) is 3.05. The molecule has 0 bridgehead atoms. The van der Waals surface area contributed by atoms with Crippen LogP contribution in [0, 0.1) is 11.7 Å². The number of aryl methyl sites for hydroxylation is 1. The molecule has 0 amide bonds. The van der Waals surface area contributed by atoms with E-state index in [2.05, 4.69) is 10.3 Å². The maximum Gasteiger partial charge on any atom is 0.341 e. The van der Waals surface area contributed by atoms with E-state index in [1.165, 1.54) is 6.20 Å². The van der Waals surface area contributed by atoms with E-state index in [9.17, 15) is 14.0 Å². The molecule has 8 heteroatoms. The summed E-state index contributed by atoms with van der Waals surface area (Å²) >= 11 is 0. The number of aromatic carboxylic acids is 1. The number of fused-ring (bicyclic) bond motifs is 1. The molecule has 2 aromatic rings. The maximum atomic E-state index is 14.4. The molecular formula is C16H19FN4O3. The Hall–Kier alpha value is -2.48. The average Bonchev–Trinajstić information content (AvgIpc) is 2.51. The van der Waals surface area contributed by atoms with Crippen LogP contribution in [0.2, 0.25) is 0 Å². The highest BCUT2D eigenvalue weighted by Gasteiger charge is 2.30. The van der Waals surface area contributed by atoms with Crippen molar-refractivity contribution >= 4 is 22.8 Å². The van der Waals surface area contributed by atoms with Crippen molar-refractivity contribution in [2.75, 3.05) is 31.6 Å². The predicted molar refractivity (Wildman–Crippen MR) is 88.2 cm³/mol. The van der Waals surface area contributed by atoms with Gasteiger partial charge in [0.25, 0.3) is 0 Å². The van der Waals surface area contributed by atoms with Crippen LogP contribution in [0.15, 0.2) is 17.1 Å². The Morgan fingerprint density at radius 1 is 1.50 bits per heavy atom. The molecule has 0 atom stereocenters. The number of halogens is 1. The van der Waals surface area contributed by atoms with Crippen molar-refractivity contribution in [2.24, 2.45) is 5.92 Å². The minimum absolute atomic E-state index is 0.00898. The van der Waals surface area contributed by atoms with Gasteiger partial charge in [-0.15, -0.1) is 0 Å². The van der Waals surface area contributed by atoms with Gasteiger partial charge in [-0.25, -0.2) is 14.2 Å². The van der Waals surface area contributed by atoms with Crippen molar-refractivity contribution in [1.82, 2.24) is 14.9 Å². The van der Waals surface area contributed by atoms with Crippen molar-refractivity contribution in [3.63, 3.8) is 0 Å². The predicted octanol–water partition coefficient (Wildman–Crippen LogP) is 0.909. The standard InChI is InChI=1S/C16H19FN4O3/c1-3-20-8-11(16(23)24)13(22)10-4-12(17)15(19-14(10)20)21-6-9(7-21)5-18-2/h4,8-9,18H,3,5-7H2,1-2H3,(H,23,24). The molecule has 0 aliphatic carbocycles. The van der Waals surface area contributed by atoms with Gasteiger partial charge < -0.3 is 19.9 Å². The van der Waals surface area contributed by atoms with Gasteiger partial charge in [0.2, 0.25) is 5.43 Å². The maximum absolute atomic E-state index is 14.4.